The average Bonchev–Trinajstić information content (AvgIpc) is 3.72. The summed E-state index contributed by atoms with van der Waals surface area (Å²) in [6, 6.07) is 13.4. The number of hydrogen-bond donors (Lipinski definition) is 4. The highest BCUT2D eigenvalue weighted by molar-refractivity contribution is 7.82. The molecule has 334 valence electrons. The molecule has 1 atom stereocenters. The SMILES string of the molecule is CNC(=O)CCN(C=O)C(=N)c1ccc(C2CCN(CCc3cccc(S(=O)N4CCC(Nc5ncc(C(F)(F)F)c(-c6cnn(CC(F)(F)F)c6)n5)CC4)c3)CC2)cc1NC. The van der Waals surface area contributed by atoms with Crippen LogP contribution >= 0.6 is 0 Å². The van der Waals surface area contributed by atoms with Crippen LogP contribution in [0, 0.1) is 5.41 Å². The van der Waals surface area contributed by atoms with E-state index >= 15 is 0 Å². The second kappa shape index (κ2) is 20.2. The standard InChI is InChI=1S/C41H49F6N11O3S/c1-49-35-21-29(6-7-33(35)38(48)56(26-59)17-13-36(60)50-2)28-9-15-55(16-10-28)14-8-27-4-3-5-32(20-27)62(61)58-18-11-31(12-19-58)53-39-51-23-34(41(45,46)47)37(54-39)30-22-52-57(24-30)25-40(42,43)44/h3-7,20-24,26,28,31,48-49H,8-19,25H2,1-2H3,(H,50,60)(H,51,53,54). The Hall–Kier alpha value is -5.41. The quantitative estimate of drug-likeness (QED) is 0.0464. The Morgan fingerprint density at radius 3 is 2.40 bits per heavy atom. The molecule has 2 fully saturated rings. The maximum Gasteiger partial charge on any atom is 0.419 e. The zero-order valence-electron chi connectivity index (χ0n) is 34.2. The first-order chi connectivity index (χ1) is 29.5. The molecule has 14 nitrogen and oxygen atoms in total. The minimum Gasteiger partial charge on any atom is -0.388 e. The number of nitrogens with one attached hydrogen (secondary N) is 4. The molecule has 2 amide bonds. The van der Waals surface area contributed by atoms with Crippen molar-refractivity contribution >= 4 is 40.8 Å². The van der Waals surface area contributed by atoms with E-state index in [0.717, 1.165) is 68.1 Å². The summed E-state index contributed by atoms with van der Waals surface area (Å²) >= 11 is 0. The molecule has 21 heteroatoms. The van der Waals surface area contributed by atoms with Crippen molar-refractivity contribution < 1.29 is 40.1 Å². The highest BCUT2D eigenvalue weighted by Gasteiger charge is 2.37. The summed E-state index contributed by atoms with van der Waals surface area (Å²) < 4.78 is 96.1. The van der Waals surface area contributed by atoms with Gasteiger partial charge in [0.1, 0.15) is 28.9 Å². The number of nitrogens with zero attached hydrogens (tertiary/aromatic N) is 7. The summed E-state index contributed by atoms with van der Waals surface area (Å²) in [5.41, 5.74) is 1.51. The fourth-order valence-corrected chi connectivity index (χ4v) is 8.96. The fourth-order valence-electron chi connectivity index (χ4n) is 7.67. The van der Waals surface area contributed by atoms with Crippen molar-refractivity contribution in [1.82, 2.24) is 39.2 Å². The largest absolute Gasteiger partial charge is 0.419 e. The van der Waals surface area contributed by atoms with Crippen LogP contribution < -0.4 is 16.0 Å². The summed E-state index contributed by atoms with van der Waals surface area (Å²) in [6.45, 7) is 2.13. The predicted octanol–water partition coefficient (Wildman–Crippen LogP) is 5.90. The molecule has 0 saturated carbocycles. The maximum atomic E-state index is 13.8. The van der Waals surface area contributed by atoms with Crippen LogP contribution in [0.2, 0.25) is 0 Å². The summed E-state index contributed by atoms with van der Waals surface area (Å²) in [7, 11) is 1.85. The number of benzene rings is 2. The normalized spacial score (nSPS) is 16.5. The van der Waals surface area contributed by atoms with Gasteiger partial charge in [0.25, 0.3) is 0 Å². The molecule has 2 saturated heterocycles. The average molecular weight is 890 g/mol. The number of carbonyl (C=O) groups excluding carboxylic acids is 2. The number of halogens is 6. The Bertz CT molecular complexity index is 2220. The summed E-state index contributed by atoms with van der Waals surface area (Å²) in [5, 5.41) is 20.9. The number of likely N-dealkylation sites (tertiary alicyclic amines) is 1. The molecule has 4 N–H and O–H groups in total. The van der Waals surface area contributed by atoms with Gasteiger partial charge in [-0.25, -0.2) is 18.5 Å². The molecule has 0 radical (unpaired) electrons. The Kier molecular flexibility index (Phi) is 15.0. The molecule has 2 aliphatic heterocycles. The first-order valence-corrected chi connectivity index (χ1v) is 21.3. The maximum absolute atomic E-state index is 13.8. The van der Waals surface area contributed by atoms with E-state index in [9.17, 15) is 40.1 Å². The van der Waals surface area contributed by atoms with Crippen LogP contribution in [0.25, 0.3) is 11.3 Å². The number of amidine groups is 1. The summed E-state index contributed by atoms with van der Waals surface area (Å²) in [6.07, 6.45) is -2.77. The Balaban J connectivity index is 0.983. The molecule has 62 heavy (non-hydrogen) atoms. The lowest BCUT2D eigenvalue weighted by Gasteiger charge is -2.33. The zero-order valence-corrected chi connectivity index (χ0v) is 35.0. The Morgan fingerprint density at radius 1 is 1.00 bits per heavy atom. The van der Waals surface area contributed by atoms with Crippen LogP contribution in [-0.4, -0.2) is 122 Å². The second-order valence-corrected chi connectivity index (χ2v) is 16.7. The number of carbonyl (C=O) groups is 2. The van der Waals surface area contributed by atoms with Crippen molar-refractivity contribution in [1.29, 1.82) is 5.41 Å². The van der Waals surface area contributed by atoms with Crippen molar-refractivity contribution in [2.75, 3.05) is 64.0 Å². The van der Waals surface area contributed by atoms with Gasteiger partial charge in [-0.2, -0.15) is 31.4 Å². The number of aromatic nitrogens is 4. The minimum absolute atomic E-state index is 0.0213. The molecule has 2 aromatic carbocycles. The van der Waals surface area contributed by atoms with Gasteiger partial charge in [0.15, 0.2) is 0 Å². The number of alkyl halides is 6. The Morgan fingerprint density at radius 2 is 1.74 bits per heavy atom. The van der Waals surface area contributed by atoms with Crippen molar-refractivity contribution in [3.05, 3.63) is 83.3 Å². The summed E-state index contributed by atoms with van der Waals surface area (Å²) in [4.78, 5) is 35.6. The number of amides is 2. The van der Waals surface area contributed by atoms with Gasteiger partial charge in [-0.05, 0) is 86.5 Å². The van der Waals surface area contributed by atoms with Gasteiger partial charge in [-0.1, -0.05) is 18.2 Å². The number of anilines is 2. The van der Waals surface area contributed by atoms with Crippen LogP contribution in [-0.2, 0) is 39.7 Å². The van der Waals surface area contributed by atoms with E-state index < -0.39 is 41.1 Å². The third-order valence-corrected chi connectivity index (χ3v) is 12.6. The fraction of sp³-hybridized carbons (Fsp3) is 0.463. The minimum atomic E-state index is -4.85. The van der Waals surface area contributed by atoms with E-state index in [2.05, 4.69) is 35.9 Å². The molecule has 2 aliphatic rings. The van der Waals surface area contributed by atoms with Gasteiger partial charge in [0.05, 0.1) is 16.8 Å². The molecule has 6 rings (SSSR count). The molecule has 1 unspecified atom stereocenters. The predicted molar refractivity (Wildman–Crippen MR) is 222 cm³/mol. The van der Waals surface area contributed by atoms with E-state index in [4.69, 9.17) is 5.41 Å². The van der Waals surface area contributed by atoms with Crippen molar-refractivity contribution in [3.8, 4) is 11.3 Å². The van der Waals surface area contributed by atoms with Crippen LogP contribution in [0.4, 0.5) is 38.0 Å². The van der Waals surface area contributed by atoms with Crippen molar-refractivity contribution in [2.45, 2.75) is 74.3 Å². The monoisotopic (exact) mass is 889 g/mol. The molecular weight excluding hydrogens is 841 g/mol. The van der Waals surface area contributed by atoms with Crippen LogP contribution in [0.3, 0.4) is 0 Å². The van der Waals surface area contributed by atoms with Gasteiger partial charge in [0, 0.05) is 81.9 Å². The first kappa shape index (κ1) is 46.1. The number of rotatable bonds is 16. The first-order valence-electron chi connectivity index (χ1n) is 20.2. The second-order valence-electron chi connectivity index (χ2n) is 15.2. The molecule has 2 aromatic heterocycles. The highest BCUT2D eigenvalue weighted by Crippen LogP contribution is 2.37. The third kappa shape index (κ3) is 11.9. The van der Waals surface area contributed by atoms with Crippen molar-refractivity contribution in [3.63, 3.8) is 0 Å². The van der Waals surface area contributed by atoms with E-state index in [-0.39, 0.29) is 42.3 Å². The van der Waals surface area contributed by atoms with Gasteiger partial charge in [0.2, 0.25) is 18.3 Å². The van der Waals surface area contributed by atoms with Crippen molar-refractivity contribution in [2.24, 2.45) is 0 Å². The molecule has 0 aliphatic carbocycles. The topological polar surface area (TPSA) is 164 Å². The van der Waals surface area contributed by atoms with Crippen LogP contribution in [0.15, 0.2) is 66.0 Å². The lowest BCUT2D eigenvalue weighted by molar-refractivity contribution is -0.142. The number of piperidine rings is 2. The van der Waals surface area contributed by atoms with Gasteiger partial charge < -0.3 is 20.9 Å². The van der Waals surface area contributed by atoms with E-state index in [1.807, 2.05) is 46.8 Å². The molecular formula is C41H49F6N11O3S. The number of hydrogen-bond acceptors (Lipinski definition) is 10. The highest BCUT2D eigenvalue weighted by atomic mass is 32.2. The molecule has 0 spiro atoms. The Labute approximate surface area is 357 Å². The third-order valence-electron chi connectivity index (χ3n) is 11.1. The molecule has 4 aromatic rings. The lowest BCUT2D eigenvalue weighted by Crippen LogP contribution is -2.40. The van der Waals surface area contributed by atoms with E-state index in [1.165, 1.54) is 11.9 Å². The molecule has 4 heterocycles. The smallest absolute Gasteiger partial charge is 0.388 e. The van der Waals surface area contributed by atoms with Crippen LogP contribution in [0.5, 0.6) is 0 Å². The van der Waals surface area contributed by atoms with Gasteiger partial charge in [-0.3, -0.25) is 24.6 Å². The van der Waals surface area contributed by atoms with E-state index in [0.29, 0.717) is 59.6 Å². The van der Waals surface area contributed by atoms with Crippen LogP contribution in [0.1, 0.15) is 60.3 Å². The molecule has 0 bridgehead atoms. The van der Waals surface area contributed by atoms with E-state index in [1.54, 1.807) is 7.05 Å². The zero-order chi connectivity index (χ0) is 44.6. The summed E-state index contributed by atoms with van der Waals surface area (Å²) in [5.74, 6) is 0.0257. The van der Waals surface area contributed by atoms with Gasteiger partial charge in [-0.15, -0.1) is 0 Å². The van der Waals surface area contributed by atoms with Gasteiger partial charge >= 0.3 is 12.4 Å². The lowest BCUT2D eigenvalue weighted by atomic mass is 9.88.